The summed E-state index contributed by atoms with van der Waals surface area (Å²) in [7, 11) is 0. The van der Waals surface area contributed by atoms with Crippen molar-refractivity contribution in [1.82, 2.24) is 45.3 Å². The van der Waals surface area contributed by atoms with Crippen LogP contribution in [0.1, 0.15) is 31.9 Å². The highest BCUT2D eigenvalue weighted by Crippen LogP contribution is 2.38. The van der Waals surface area contributed by atoms with E-state index in [0.717, 1.165) is 72.4 Å². The van der Waals surface area contributed by atoms with Crippen molar-refractivity contribution in [3.05, 3.63) is 168 Å². The van der Waals surface area contributed by atoms with Gasteiger partial charge in [-0.05, 0) is 95.6 Å². The Hall–Kier alpha value is -7.71. The van der Waals surface area contributed by atoms with Gasteiger partial charge >= 0.3 is 0 Å². The maximum Gasteiger partial charge on any atom is 0.181 e. The summed E-state index contributed by atoms with van der Waals surface area (Å²) in [4.78, 5) is 23.0. The number of nitrogens with one attached hydrogen (secondary N) is 4. The van der Waals surface area contributed by atoms with Crippen LogP contribution in [0.25, 0.3) is 104 Å². The average Bonchev–Trinajstić information content (AvgIpc) is 4.21. The number of allylic oxidation sites excluding steroid dienone is 4. The normalized spacial score (nSPS) is 11.8. The Labute approximate surface area is 377 Å². The van der Waals surface area contributed by atoms with E-state index in [4.69, 9.17) is 11.5 Å². The number of thiophene rings is 2. The van der Waals surface area contributed by atoms with Crippen LogP contribution in [-0.2, 0) is 6.54 Å². The Bertz CT molecular complexity index is 3450. The molecule has 0 fully saturated rings. The second kappa shape index (κ2) is 18.3. The van der Waals surface area contributed by atoms with Crippen molar-refractivity contribution in [3.8, 4) is 54.8 Å². The van der Waals surface area contributed by atoms with Crippen molar-refractivity contribution < 1.29 is 0 Å². The zero-order chi connectivity index (χ0) is 44.2. The van der Waals surface area contributed by atoms with E-state index in [1.165, 1.54) is 31.7 Å². The van der Waals surface area contributed by atoms with E-state index in [0.29, 0.717) is 23.5 Å². The fourth-order valence-electron chi connectivity index (χ4n) is 7.73. The van der Waals surface area contributed by atoms with Gasteiger partial charge in [0.25, 0.3) is 0 Å². The van der Waals surface area contributed by atoms with Gasteiger partial charge in [0.2, 0.25) is 0 Å². The fourth-order valence-corrected chi connectivity index (χ4v) is 9.26. The maximum absolute atomic E-state index is 5.96. The largest absolute Gasteiger partial charge is 0.399 e. The SMILES string of the molecule is C=C/C(N)=C\C(=C/C)c1cnc2n[nH]c(-c3cc4c(-c5cccs5)cccc4[nH]3)c2c1.CC.NCc1cncc(-c2cnc3n[nH]c(-c4cc5c(-c6cccs6)cccc5[nH]4)c3c2)c1. The van der Waals surface area contributed by atoms with Gasteiger partial charge in [-0.25, -0.2) is 9.97 Å². The second-order valence-electron chi connectivity index (χ2n) is 14.6. The molecule has 9 aromatic heterocycles. The summed E-state index contributed by atoms with van der Waals surface area (Å²) >= 11 is 3.49. The monoisotopic (exact) mass is 875 g/mol. The molecule has 64 heavy (non-hydrogen) atoms. The lowest BCUT2D eigenvalue weighted by molar-refractivity contribution is 1.05. The number of aromatic nitrogens is 9. The number of pyridine rings is 3. The molecule has 0 spiro atoms. The predicted molar refractivity (Wildman–Crippen MR) is 268 cm³/mol. The van der Waals surface area contributed by atoms with E-state index in [-0.39, 0.29) is 0 Å². The van der Waals surface area contributed by atoms with Gasteiger partial charge in [-0.1, -0.05) is 62.9 Å². The van der Waals surface area contributed by atoms with Crippen molar-refractivity contribution >= 4 is 72.1 Å². The van der Waals surface area contributed by atoms with Crippen LogP contribution in [0.2, 0.25) is 0 Å². The molecule has 0 aliphatic carbocycles. The second-order valence-corrected chi connectivity index (χ2v) is 16.5. The van der Waals surface area contributed by atoms with E-state index < -0.39 is 0 Å². The van der Waals surface area contributed by atoms with Crippen LogP contribution >= 0.6 is 22.7 Å². The Balaban J connectivity index is 0.000000156. The van der Waals surface area contributed by atoms with Crippen LogP contribution in [0.15, 0.2) is 157 Å². The van der Waals surface area contributed by atoms with Gasteiger partial charge in [-0.2, -0.15) is 10.2 Å². The lowest BCUT2D eigenvalue weighted by Gasteiger charge is -2.04. The molecule has 13 heteroatoms. The molecule has 8 N–H and O–H groups in total. The topological polar surface area (TPSA) is 180 Å². The van der Waals surface area contributed by atoms with E-state index in [2.05, 4.69) is 148 Å². The third-order valence-electron chi connectivity index (χ3n) is 10.8. The Morgan fingerprint density at radius 2 is 1.25 bits per heavy atom. The number of aromatic amines is 4. The van der Waals surface area contributed by atoms with Crippen LogP contribution in [-0.4, -0.2) is 45.3 Å². The lowest BCUT2D eigenvalue weighted by Crippen LogP contribution is -1.97. The minimum atomic E-state index is 0.453. The summed E-state index contributed by atoms with van der Waals surface area (Å²) in [5, 5.41) is 23.6. The molecule has 0 amide bonds. The number of hydrogen-bond donors (Lipinski definition) is 6. The molecular formula is C51H45N11S2. The number of fused-ring (bicyclic) bond motifs is 4. The Morgan fingerprint density at radius 1 is 0.672 bits per heavy atom. The summed E-state index contributed by atoms with van der Waals surface area (Å²) < 4.78 is 0. The number of benzene rings is 2. The molecule has 0 radical (unpaired) electrons. The molecule has 0 saturated heterocycles. The van der Waals surface area contributed by atoms with Crippen molar-refractivity contribution in [2.24, 2.45) is 11.5 Å². The average molecular weight is 876 g/mol. The quantitative estimate of drug-likeness (QED) is 0.0781. The summed E-state index contributed by atoms with van der Waals surface area (Å²) in [6, 6.07) is 31.7. The fraction of sp³-hybridized carbons (Fsp3) is 0.0784. The molecule has 9 heterocycles. The van der Waals surface area contributed by atoms with E-state index in [1.54, 1.807) is 34.9 Å². The first-order valence-corrected chi connectivity index (χ1v) is 22.6. The number of rotatable bonds is 9. The van der Waals surface area contributed by atoms with Gasteiger partial charge in [-0.15, -0.1) is 22.7 Å². The first kappa shape index (κ1) is 41.6. The third-order valence-corrected chi connectivity index (χ3v) is 12.6. The number of hydrogen-bond acceptors (Lipinski definition) is 9. The first-order valence-electron chi connectivity index (χ1n) is 20.9. The van der Waals surface area contributed by atoms with Gasteiger partial charge in [-0.3, -0.25) is 15.2 Å². The number of nitrogens with two attached hydrogens (primary N) is 2. The number of H-pyrrole nitrogens is 4. The smallest absolute Gasteiger partial charge is 0.181 e. The third kappa shape index (κ3) is 8.06. The van der Waals surface area contributed by atoms with Gasteiger partial charge in [0.05, 0.1) is 22.8 Å². The minimum Gasteiger partial charge on any atom is -0.399 e. The van der Waals surface area contributed by atoms with Crippen LogP contribution in [0.4, 0.5) is 0 Å². The van der Waals surface area contributed by atoms with Gasteiger partial charge < -0.3 is 21.4 Å². The number of nitrogens with zero attached hydrogens (tertiary/aromatic N) is 5. The molecule has 316 valence electrons. The molecule has 0 unspecified atom stereocenters. The van der Waals surface area contributed by atoms with Crippen LogP contribution in [0.3, 0.4) is 0 Å². The van der Waals surface area contributed by atoms with Crippen molar-refractivity contribution in [2.45, 2.75) is 27.3 Å². The summed E-state index contributed by atoms with van der Waals surface area (Å²) in [6.07, 6.45) is 12.8. The van der Waals surface area contributed by atoms with Gasteiger partial charge in [0.1, 0.15) is 0 Å². The Morgan fingerprint density at radius 3 is 1.80 bits per heavy atom. The molecule has 0 bridgehead atoms. The maximum atomic E-state index is 5.96. The Kier molecular flexibility index (Phi) is 11.9. The van der Waals surface area contributed by atoms with Crippen LogP contribution < -0.4 is 11.5 Å². The molecule has 11 rings (SSSR count). The van der Waals surface area contributed by atoms with Gasteiger partial charge in [0, 0.05) is 107 Å². The molecule has 0 saturated carbocycles. The molecule has 2 aromatic carbocycles. The highest BCUT2D eigenvalue weighted by molar-refractivity contribution is 7.14. The molecule has 0 aliphatic heterocycles. The summed E-state index contributed by atoms with van der Waals surface area (Å²) in [6.45, 7) is 10.2. The predicted octanol–water partition coefficient (Wildman–Crippen LogP) is 12.6. The van der Waals surface area contributed by atoms with Crippen molar-refractivity contribution in [3.63, 3.8) is 0 Å². The standard InChI is InChI=1S/C25H21N5S.C24H18N6S.C2H6/c1-3-15(11-17(26)4-2)16-12-20-24(29-30-25(20)27-14-16)22-13-19-18(23-9-6-10-31-23)7-5-8-21(19)28-22;25-10-14-7-15(12-26-11-14)16-8-19-23(29-30-24(19)27-13-16)21-9-18-17(22-5-2-6-31-22)3-1-4-20(18)28-21;1-2/h3-14,28H,2,26H2,1H3,(H,27,29,30);1-9,11-13,28H,10,25H2,(H,27,29,30);1-2H3/b15-3+,17-11+;;. The minimum absolute atomic E-state index is 0.453. The van der Waals surface area contributed by atoms with Crippen molar-refractivity contribution in [1.29, 1.82) is 0 Å². The molecule has 11 aromatic rings. The molecule has 0 aliphatic rings. The highest BCUT2D eigenvalue weighted by Gasteiger charge is 2.17. The summed E-state index contributed by atoms with van der Waals surface area (Å²) in [5.74, 6) is 0. The molecule has 0 atom stereocenters. The molecule has 11 nitrogen and oxygen atoms in total. The molecular weight excluding hydrogens is 831 g/mol. The summed E-state index contributed by atoms with van der Waals surface area (Å²) in [5.41, 5.74) is 27.0. The van der Waals surface area contributed by atoms with Crippen molar-refractivity contribution in [2.75, 3.05) is 0 Å². The van der Waals surface area contributed by atoms with E-state index in [9.17, 15) is 0 Å². The van der Waals surface area contributed by atoms with E-state index in [1.807, 2.05) is 57.6 Å². The first-order chi connectivity index (χ1) is 31.5. The zero-order valence-electron chi connectivity index (χ0n) is 35.5. The highest BCUT2D eigenvalue weighted by atomic mass is 32.1. The lowest BCUT2D eigenvalue weighted by atomic mass is 10.0. The van der Waals surface area contributed by atoms with Crippen LogP contribution in [0.5, 0.6) is 0 Å². The van der Waals surface area contributed by atoms with E-state index >= 15 is 0 Å². The zero-order valence-corrected chi connectivity index (χ0v) is 37.1. The van der Waals surface area contributed by atoms with Gasteiger partial charge in [0.15, 0.2) is 11.3 Å². The van der Waals surface area contributed by atoms with Crippen LogP contribution in [0, 0.1) is 0 Å².